The van der Waals surface area contributed by atoms with Crippen LogP contribution in [0.15, 0.2) is 30.6 Å². The number of hydrogen-bond acceptors (Lipinski definition) is 5. The molecule has 0 bridgehead atoms. The Morgan fingerprint density at radius 3 is 2.55 bits per heavy atom. The van der Waals surface area contributed by atoms with Crippen molar-refractivity contribution in [2.45, 2.75) is 45.3 Å². The zero-order chi connectivity index (χ0) is 21.1. The van der Waals surface area contributed by atoms with E-state index in [1.165, 1.54) is 23.4 Å². The molecule has 29 heavy (non-hydrogen) atoms. The molecule has 1 heterocycles. The summed E-state index contributed by atoms with van der Waals surface area (Å²) < 4.78 is 6.76. The molecule has 154 valence electrons. The number of benzene rings is 1. The van der Waals surface area contributed by atoms with Crippen LogP contribution >= 0.6 is 23.2 Å². The zero-order valence-electron chi connectivity index (χ0n) is 16.1. The first-order valence-corrected chi connectivity index (χ1v) is 10.1. The molecular formula is C20H21Cl2N3O4. The van der Waals surface area contributed by atoms with Crippen molar-refractivity contribution in [2.24, 2.45) is 0 Å². The number of rotatable bonds is 8. The maximum atomic E-state index is 13.2. The number of aryl methyl sites for hydroxylation is 1. The van der Waals surface area contributed by atoms with Crippen molar-refractivity contribution >= 4 is 40.9 Å². The van der Waals surface area contributed by atoms with E-state index < -0.39 is 23.7 Å². The molecule has 0 N–H and O–H groups in total. The number of esters is 1. The molecule has 1 amide bonds. The molecule has 1 atom stereocenters. The fourth-order valence-electron chi connectivity index (χ4n) is 3.08. The summed E-state index contributed by atoms with van der Waals surface area (Å²) in [6.07, 6.45) is 4.24. The van der Waals surface area contributed by atoms with Gasteiger partial charge in [0.15, 0.2) is 6.04 Å². The van der Waals surface area contributed by atoms with Crippen LogP contribution in [0.4, 0.5) is 0 Å². The van der Waals surface area contributed by atoms with E-state index in [0.29, 0.717) is 30.0 Å². The van der Waals surface area contributed by atoms with Crippen LogP contribution in [-0.4, -0.2) is 45.0 Å². The highest BCUT2D eigenvalue weighted by atomic mass is 35.5. The number of Topliss-reactive ketones (excluding diaryl/α,β-unsaturated/α-hetero) is 1. The summed E-state index contributed by atoms with van der Waals surface area (Å²) >= 11 is 12.3. The highest BCUT2D eigenvalue weighted by Gasteiger charge is 2.45. The largest absolute Gasteiger partial charge is 0.464 e. The van der Waals surface area contributed by atoms with Crippen molar-refractivity contribution in [3.8, 4) is 0 Å². The summed E-state index contributed by atoms with van der Waals surface area (Å²) in [7, 11) is 0. The van der Waals surface area contributed by atoms with Gasteiger partial charge in [0.05, 0.1) is 18.4 Å². The summed E-state index contributed by atoms with van der Waals surface area (Å²) in [6, 6.07) is 3.28. The summed E-state index contributed by atoms with van der Waals surface area (Å²) in [6.45, 7) is 4.25. The van der Waals surface area contributed by atoms with Crippen LogP contribution in [0.25, 0.3) is 0 Å². The third-order valence-corrected chi connectivity index (χ3v) is 5.20. The van der Waals surface area contributed by atoms with Crippen molar-refractivity contribution in [2.75, 3.05) is 6.61 Å². The van der Waals surface area contributed by atoms with E-state index in [-0.39, 0.29) is 23.2 Å². The Labute approximate surface area is 178 Å². The predicted molar refractivity (Wildman–Crippen MR) is 108 cm³/mol. The maximum Gasteiger partial charge on any atom is 0.333 e. The van der Waals surface area contributed by atoms with Gasteiger partial charge in [-0.05, 0) is 38.8 Å². The van der Waals surface area contributed by atoms with E-state index >= 15 is 0 Å². The average molecular weight is 438 g/mol. The van der Waals surface area contributed by atoms with Crippen LogP contribution in [-0.2, 0) is 20.9 Å². The van der Waals surface area contributed by atoms with Gasteiger partial charge in [-0.2, -0.15) is 5.10 Å². The molecule has 7 nitrogen and oxygen atoms in total. The van der Waals surface area contributed by atoms with Gasteiger partial charge in [0, 0.05) is 34.4 Å². The van der Waals surface area contributed by atoms with Gasteiger partial charge >= 0.3 is 5.97 Å². The standard InChI is InChI=1S/C20H21Cl2N3O4/c1-3-24-11-12(10-23-24)18(26)19(27)25(14-6-7-14)17(20(28)29-4-2)15-8-5-13(21)9-16(15)22/h5,8-11,14,17H,3-4,6-7H2,1-2H3/t17-/m1/s1. The molecule has 1 aliphatic rings. The Bertz CT molecular complexity index is 940. The van der Waals surface area contributed by atoms with Gasteiger partial charge in [0.25, 0.3) is 11.7 Å². The van der Waals surface area contributed by atoms with Crippen molar-refractivity contribution in [3.05, 3.63) is 51.8 Å². The number of hydrogen-bond donors (Lipinski definition) is 0. The van der Waals surface area contributed by atoms with Gasteiger partial charge < -0.3 is 9.64 Å². The van der Waals surface area contributed by atoms with Crippen molar-refractivity contribution in [1.29, 1.82) is 0 Å². The molecule has 1 aromatic heterocycles. The Morgan fingerprint density at radius 1 is 1.28 bits per heavy atom. The Balaban J connectivity index is 2.01. The van der Waals surface area contributed by atoms with Crippen LogP contribution in [0.3, 0.4) is 0 Å². The van der Waals surface area contributed by atoms with Crippen molar-refractivity contribution in [1.82, 2.24) is 14.7 Å². The van der Waals surface area contributed by atoms with Gasteiger partial charge in [-0.15, -0.1) is 0 Å². The zero-order valence-corrected chi connectivity index (χ0v) is 17.6. The molecule has 3 rings (SSSR count). The molecular weight excluding hydrogens is 417 g/mol. The molecule has 0 aliphatic heterocycles. The van der Waals surface area contributed by atoms with Gasteiger partial charge in [-0.1, -0.05) is 29.3 Å². The number of ketones is 1. The Morgan fingerprint density at radius 2 is 2.00 bits per heavy atom. The number of aromatic nitrogens is 2. The smallest absolute Gasteiger partial charge is 0.333 e. The first kappa shape index (κ1) is 21.3. The molecule has 0 radical (unpaired) electrons. The summed E-state index contributed by atoms with van der Waals surface area (Å²) in [5.74, 6) is -2.16. The van der Waals surface area contributed by atoms with Gasteiger partial charge in [0.2, 0.25) is 0 Å². The maximum absolute atomic E-state index is 13.2. The van der Waals surface area contributed by atoms with Crippen LogP contribution in [0, 0.1) is 0 Å². The number of carbonyl (C=O) groups is 3. The summed E-state index contributed by atoms with van der Waals surface area (Å²) in [5.41, 5.74) is 0.541. The van der Waals surface area contributed by atoms with Gasteiger partial charge in [0.1, 0.15) is 0 Å². The first-order valence-electron chi connectivity index (χ1n) is 9.38. The lowest BCUT2D eigenvalue weighted by atomic mass is 10.0. The fraction of sp³-hybridized carbons (Fsp3) is 0.400. The molecule has 1 aromatic carbocycles. The summed E-state index contributed by atoms with van der Waals surface area (Å²) in [5, 5.41) is 4.67. The van der Waals surface area contributed by atoms with E-state index in [0.717, 1.165) is 0 Å². The minimum Gasteiger partial charge on any atom is -0.464 e. The third-order valence-electron chi connectivity index (χ3n) is 4.63. The average Bonchev–Trinajstić information content (AvgIpc) is 3.41. The van der Waals surface area contributed by atoms with E-state index in [1.807, 2.05) is 6.92 Å². The van der Waals surface area contributed by atoms with E-state index in [9.17, 15) is 14.4 Å². The highest BCUT2D eigenvalue weighted by Crippen LogP contribution is 2.38. The monoisotopic (exact) mass is 437 g/mol. The van der Waals surface area contributed by atoms with E-state index in [4.69, 9.17) is 27.9 Å². The fourth-order valence-corrected chi connectivity index (χ4v) is 3.59. The van der Waals surface area contributed by atoms with Crippen LogP contribution in [0.2, 0.25) is 10.0 Å². The number of halogens is 2. The Hall–Kier alpha value is -2.38. The lowest BCUT2D eigenvalue weighted by Crippen LogP contribution is -2.44. The van der Waals surface area contributed by atoms with Gasteiger partial charge in [-0.25, -0.2) is 4.79 Å². The predicted octanol–water partition coefficient (Wildman–Crippen LogP) is 3.69. The molecule has 9 heteroatoms. The van der Waals surface area contributed by atoms with Crippen LogP contribution in [0.1, 0.15) is 48.7 Å². The number of nitrogens with zero attached hydrogens (tertiary/aromatic N) is 3. The topological polar surface area (TPSA) is 81.5 Å². The molecule has 0 unspecified atom stereocenters. The number of carbonyl (C=O) groups excluding carboxylic acids is 3. The minimum atomic E-state index is -1.13. The SMILES string of the molecule is CCOC(=O)[C@@H](c1ccc(Cl)cc1Cl)N(C(=O)C(=O)c1cnn(CC)c1)C1CC1. The van der Waals surface area contributed by atoms with Crippen LogP contribution < -0.4 is 0 Å². The minimum absolute atomic E-state index is 0.129. The normalized spacial score (nSPS) is 14.3. The molecule has 0 spiro atoms. The third kappa shape index (κ3) is 4.62. The molecule has 0 saturated heterocycles. The van der Waals surface area contributed by atoms with E-state index in [2.05, 4.69) is 5.10 Å². The first-order chi connectivity index (χ1) is 13.9. The highest BCUT2D eigenvalue weighted by molar-refractivity contribution is 6.43. The molecule has 1 saturated carbocycles. The second-order valence-electron chi connectivity index (χ2n) is 6.68. The second kappa shape index (κ2) is 8.97. The lowest BCUT2D eigenvalue weighted by molar-refractivity contribution is -0.154. The lowest BCUT2D eigenvalue weighted by Gasteiger charge is -2.30. The Kier molecular flexibility index (Phi) is 6.59. The quantitative estimate of drug-likeness (QED) is 0.357. The number of ether oxygens (including phenoxy) is 1. The molecule has 2 aromatic rings. The van der Waals surface area contributed by atoms with Crippen molar-refractivity contribution < 1.29 is 19.1 Å². The van der Waals surface area contributed by atoms with Crippen LogP contribution in [0.5, 0.6) is 0 Å². The molecule has 1 aliphatic carbocycles. The summed E-state index contributed by atoms with van der Waals surface area (Å²) in [4.78, 5) is 40.2. The second-order valence-corrected chi connectivity index (χ2v) is 7.52. The molecule has 1 fully saturated rings. The number of amides is 1. The van der Waals surface area contributed by atoms with Crippen molar-refractivity contribution in [3.63, 3.8) is 0 Å². The van der Waals surface area contributed by atoms with Gasteiger partial charge in [-0.3, -0.25) is 14.3 Å². The van der Waals surface area contributed by atoms with E-state index in [1.54, 1.807) is 23.7 Å².